The Bertz CT molecular complexity index is 642. The molecule has 1 aromatic carbocycles. The standard InChI is InChI=1S/C13H17FN2O4S/c1-9(13(17)16-4-6-20-7-5-16)21(18,19)12-8-10(14)2-3-11(12)15/h2-3,8-9H,4-7,15H2,1H3. The lowest BCUT2D eigenvalue weighted by Gasteiger charge is -2.29. The van der Waals surface area contributed by atoms with E-state index >= 15 is 0 Å². The number of nitrogen functional groups attached to an aromatic ring is 1. The Morgan fingerprint density at radius 1 is 1.38 bits per heavy atom. The summed E-state index contributed by atoms with van der Waals surface area (Å²) in [6, 6.07) is 3.09. The predicted molar refractivity (Wildman–Crippen MR) is 74.9 cm³/mol. The third kappa shape index (κ3) is 3.16. The van der Waals surface area contributed by atoms with Gasteiger partial charge in [-0.15, -0.1) is 0 Å². The van der Waals surface area contributed by atoms with Crippen molar-refractivity contribution in [2.75, 3.05) is 32.0 Å². The van der Waals surface area contributed by atoms with Crippen LogP contribution in [0.5, 0.6) is 0 Å². The van der Waals surface area contributed by atoms with Gasteiger partial charge >= 0.3 is 0 Å². The monoisotopic (exact) mass is 316 g/mol. The second-order valence-corrected chi connectivity index (χ2v) is 7.04. The van der Waals surface area contributed by atoms with Crippen molar-refractivity contribution in [3.8, 4) is 0 Å². The largest absolute Gasteiger partial charge is 0.398 e. The number of carbonyl (C=O) groups excluding carboxylic acids is 1. The van der Waals surface area contributed by atoms with E-state index < -0.39 is 26.8 Å². The molecule has 1 aliphatic heterocycles. The van der Waals surface area contributed by atoms with E-state index in [1.54, 1.807) is 0 Å². The van der Waals surface area contributed by atoms with E-state index in [1.807, 2.05) is 0 Å². The SMILES string of the molecule is CC(C(=O)N1CCOCC1)S(=O)(=O)c1cc(F)ccc1N. The Morgan fingerprint density at radius 2 is 2.00 bits per heavy atom. The first-order valence-corrected chi connectivity index (χ1v) is 8.04. The Kier molecular flexibility index (Phi) is 4.48. The summed E-state index contributed by atoms with van der Waals surface area (Å²) in [6.07, 6.45) is 0. The Morgan fingerprint density at radius 3 is 2.62 bits per heavy atom. The van der Waals surface area contributed by atoms with Crippen LogP contribution >= 0.6 is 0 Å². The fraction of sp³-hybridized carbons (Fsp3) is 0.462. The first-order valence-electron chi connectivity index (χ1n) is 6.49. The van der Waals surface area contributed by atoms with Crippen molar-refractivity contribution in [2.24, 2.45) is 0 Å². The number of nitrogens with two attached hydrogens (primary N) is 1. The molecule has 1 atom stereocenters. The van der Waals surface area contributed by atoms with Gasteiger partial charge in [0.25, 0.3) is 0 Å². The maximum absolute atomic E-state index is 13.3. The number of anilines is 1. The molecule has 0 saturated carbocycles. The van der Waals surface area contributed by atoms with E-state index in [0.29, 0.717) is 26.3 Å². The minimum Gasteiger partial charge on any atom is -0.398 e. The summed E-state index contributed by atoms with van der Waals surface area (Å²) in [6.45, 7) is 2.73. The van der Waals surface area contributed by atoms with Gasteiger partial charge in [0.2, 0.25) is 5.91 Å². The number of hydrogen-bond acceptors (Lipinski definition) is 5. The molecule has 1 saturated heterocycles. The highest BCUT2D eigenvalue weighted by Gasteiger charge is 2.34. The minimum absolute atomic E-state index is 0.0713. The van der Waals surface area contributed by atoms with Crippen molar-refractivity contribution >= 4 is 21.4 Å². The van der Waals surface area contributed by atoms with Gasteiger partial charge in [-0.1, -0.05) is 0 Å². The van der Waals surface area contributed by atoms with Crippen LogP contribution < -0.4 is 5.73 Å². The number of carbonyl (C=O) groups is 1. The van der Waals surface area contributed by atoms with Crippen LogP contribution in [0.1, 0.15) is 6.92 Å². The number of morpholine rings is 1. The smallest absolute Gasteiger partial charge is 0.241 e. The number of hydrogen-bond donors (Lipinski definition) is 1. The van der Waals surface area contributed by atoms with Gasteiger partial charge < -0.3 is 15.4 Å². The summed E-state index contributed by atoms with van der Waals surface area (Å²) in [7, 11) is -4.04. The van der Waals surface area contributed by atoms with Crippen molar-refractivity contribution < 1.29 is 22.3 Å². The van der Waals surface area contributed by atoms with E-state index in [2.05, 4.69) is 0 Å². The number of halogens is 1. The number of sulfone groups is 1. The van der Waals surface area contributed by atoms with Gasteiger partial charge in [-0.3, -0.25) is 4.79 Å². The van der Waals surface area contributed by atoms with E-state index in [9.17, 15) is 17.6 Å². The van der Waals surface area contributed by atoms with Gasteiger partial charge in [-0.2, -0.15) is 0 Å². The summed E-state index contributed by atoms with van der Waals surface area (Å²) in [5, 5.41) is -1.32. The lowest BCUT2D eigenvalue weighted by Crippen LogP contribution is -2.47. The number of nitrogens with zero attached hydrogens (tertiary/aromatic N) is 1. The van der Waals surface area contributed by atoms with Gasteiger partial charge in [-0.25, -0.2) is 12.8 Å². The minimum atomic E-state index is -4.04. The zero-order chi connectivity index (χ0) is 15.6. The average molecular weight is 316 g/mol. The maximum Gasteiger partial charge on any atom is 0.241 e. The number of amides is 1. The molecule has 8 heteroatoms. The molecule has 0 aliphatic carbocycles. The van der Waals surface area contributed by atoms with Crippen molar-refractivity contribution in [1.29, 1.82) is 0 Å². The van der Waals surface area contributed by atoms with Crippen LogP contribution in [-0.2, 0) is 19.4 Å². The lowest BCUT2D eigenvalue weighted by molar-refractivity contribution is -0.134. The van der Waals surface area contributed by atoms with Gasteiger partial charge in [0, 0.05) is 13.1 Å². The van der Waals surface area contributed by atoms with E-state index in [-0.39, 0.29) is 10.6 Å². The normalized spacial score (nSPS) is 17.5. The third-order valence-electron chi connectivity index (χ3n) is 3.42. The second-order valence-electron chi connectivity index (χ2n) is 4.81. The molecule has 0 aromatic heterocycles. The zero-order valence-electron chi connectivity index (χ0n) is 11.6. The molecule has 1 aliphatic rings. The van der Waals surface area contributed by atoms with E-state index in [1.165, 1.54) is 17.9 Å². The third-order valence-corrected chi connectivity index (χ3v) is 5.52. The fourth-order valence-corrected chi connectivity index (χ4v) is 3.59. The highest BCUT2D eigenvalue weighted by atomic mass is 32.2. The molecule has 116 valence electrons. The highest BCUT2D eigenvalue weighted by Crippen LogP contribution is 2.24. The summed E-state index contributed by atoms with van der Waals surface area (Å²) < 4.78 is 43.3. The molecule has 21 heavy (non-hydrogen) atoms. The molecule has 1 unspecified atom stereocenters. The summed E-state index contributed by atoms with van der Waals surface area (Å²) in [5.74, 6) is -1.24. The topological polar surface area (TPSA) is 89.7 Å². The van der Waals surface area contributed by atoms with Gasteiger partial charge in [0.1, 0.15) is 11.1 Å². The van der Waals surface area contributed by atoms with Crippen LogP contribution in [0.25, 0.3) is 0 Å². The van der Waals surface area contributed by atoms with Crippen LogP contribution in [0, 0.1) is 5.82 Å². The van der Waals surface area contributed by atoms with E-state index in [0.717, 1.165) is 12.1 Å². The number of benzene rings is 1. The molecule has 2 rings (SSSR count). The Labute approximate surface area is 122 Å². The summed E-state index contributed by atoms with van der Waals surface area (Å²) in [4.78, 5) is 13.4. The van der Waals surface area contributed by atoms with Crippen LogP contribution in [0.15, 0.2) is 23.1 Å². The Hall–Kier alpha value is -1.67. The molecule has 2 N–H and O–H groups in total. The zero-order valence-corrected chi connectivity index (χ0v) is 12.4. The van der Waals surface area contributed by atoms with Crippen molar-refractivity contribution in [2.45, 2.75) is 17.1 Å². The average Bonchev–Trinajstić information content (AvgIpc) is 2.49. The molecule has 1 amide bonds. The molecule has 1 aromatic rings. The van der Waals surface area contributed by atoms with Gasteiger partial charge in [0.05, 0.1) is 23.8 Å². The highest BCUT2D eigenvalue weighted by molar-refractivity contribution is 7.93. The molecule has 6 nitrogen and oxygen atoms in total. The quantitative estimate of drug-likeness (QED) is 0.817. The molecular weight excluding hydrogens is 299 g/mol. The Balaban J connectivity index is 2.29. The van der Waals surface area contributed by atoms with Gasteiger partial charge in [-0.05, 0) is 25.1 Å². The first-order chi connectivity index (χ1) is 9.84. The number of rotatable bonds is 3. The molecule has 1 fully saturated rings. The first kappa shape index (κ1) is 15.7. The summed E-state index contributed by atoms with van der Waals surface area (Å²) in [5.41, 5.74) is 5.53. The lowest BCUT2D eigenvalue weighted by atomic mass is 10.3. The second kappa shape index (κ2) is 5.98. The van der Waals surface area contributed by atoms with Crippen LogP contribution in [0.3, 0.4) is 0 Å². The molecule has 0 spiro atoms. The number of ether oxygens (including phenoxy) is 1. The van der Waals surface area contributed by atoms with Crippen LogP contribution in [0.2, 0.25) is 0 Å². The molecular formula is C13H17FN2O4S. The van der Waals surface area contributed by atoms with Crippen LogP contribution in [0.4, 0.5) is 10.1 Å². The predicted octanol–water partition coefficient (Wildman–Crippen LogP) is 0.429. The fourth-order valence-electron chi connectivity index (χ4n) is 2.12. The molecule has 0 radical (unpaired) electrons. The van der Waals surface area contributed by atoms with Crippen molar-refractivity contribution in [3.63, 3.8) is 0 Å². The summed E-state index contributed by atoms with van der Waals surface area (Å²) >= 11 is 0. The molecule has 1 heterocycles. The molecule has 0 bridgehead atoms. The maximum atomic E-state index is 13.3. The van der Waals surface area contributed by atoms with Crippen molar-refractivity contribution in [1.82, 2.24) is 4.90 Å². The van der Waals surface area contributed by atoms with E-state index in [4.69, 9.17) is 10.5 Å². The van der Waals surface area contributed by atoms with Gasteiger partial charge in [0.15, 0.2) is 9.84 Å². The van der Waals surface area contributed by atoms with Crippen LogP contribution in [-0.4, -0.2) is 50.8 Å². The van der Waals surface area contributed by atoms with Crippen molar-refractivity contribution in [3.05, 3.63) is 24.0 Å².